The highest BCUT2D eigenvalue weighted by Gasteiger charge is 2.24. The molecule has 1 amide bonds. The van der Waals surface area contributed by atoms with Crippen LogP contribution in [0, 0.1) is 0 Å². The third-order valence-electron chi connectivity index (χ3n) is 5.35. The van der Waals surface area contributed by atoms with E-state index in [0.29, 0.717) is 49.5 Å². The quantitative estimate of drug-likeness (QED) is 0.462. The van der Waals surface area contributed by atoms with Crippen LogP contribution in [0.2, 0.25) is 0 Å². The molecule has 2 aromatic carbocycles. The zero-order valence-electron chi connectivity index (χ0n) is 17.9. The number of piperazine rings is 1. The van der Waals surface area contributed by atoms with Gasteiger partial charge in [0.1, 0.15) is 18.1 Å². The fourth-order valence-electron chi connectivity index (χ4n) is 3.56. The summed E-state index contributed by atoms with van der Waals surface area (Å²) in [6, 6.07) is 19.2. The van der Waals surface area contributed by atoms with E-state index < -0.39 is 0 Å². The Labute approximate surface area is 190 Å². The van der Waals surface area contributed by atoms with E-state index >= 15 is 0 Å². The van der Waals surface area contributed by atoms with Gasteiger partial charge in [0.2, 0.25) is 5.89 Å². The highest BCUT2D eigenvalue weighted by Crippen LogP contribution is 2.24. The van der Waals surface area contributed by atoms with Gasteiger partial charge in [0.05, 0.1) is 12.4 Å². The molecule has 4 aromatic rings. The Kier molecular flexibility index (Phi) is 5.92. The van der Waals surface area contributed by atoms with Crippen molar-refractivity contribution in [2.24, 2.45) is 0 Å². The third kappa shape index (κ3) is 4.82. The van der Waals surface area contributed by atoms with Crippen LogP contribution in [0.5, 0.6) is 0 Å². The Balaban J connectivity index is 1.20. The molecule has 9 nitrogen and oxygen atoms in total. The SMILES string of the molecule is O=C(OCc1ccccc1)N1CCN(c2cncc(-c3nnc(-c4ccccc4)o3)n2)CC1. The van der Waals surface area contributed by atoms with Crippen LogP contribution in [0.15, 0.2) is 77.5 Å². The lowest BCUT2D eigenvalue weighted by atomic mass is 10.2. The molecule has 0 atom stereocenters. The topological polar surface area (TPSA) is 97.5 Å². The van der Waals surface area contributed by atoms with E-state index in [2.05, 4.69) is 25.1 Å². The van der Waals surface area contributed by atoms with Gasteiger partial charge in [-0.2, -0.15) is 0 Å². The Morgan fingerprint density at radius 1 is 0.879 bits per heavy atom. The van der Waals surface area contributed by atoms with Crippen molar-refractivity contribution in [3.05, 3.63) is 78.6 Å². The number of amides is 1. The molecule has 0 radical (unpaired) electrons. The fraction of sp³-hybridized carbons (Fsp3) is 0.208. The van der Waals surface area contributed by atoms with Gasteiger partial charge in [-0.15, -0.1) is 10.2 Å². The molecule has 0 unspecified atom stereocenters. The number of rotatable bonds is 5. The second kappa shape index (κ2) is 9.47. The van der Waals surface area contributed by atoms with Crippen LogP contribution in [0.4, 0.5) is 10.6 Å². The molecule has 0 bridgehead atoms. The van der Waals surface area contributed by atoms with Gasteiger partial charge in [-0.1, -0.05) is 48.5 Å². The smallest absolute Gasteiger partial charge is 0.410 e. The normalized spacial score (nSPS) is 13.7. The maximum absolute atomic E-state index is 12.4. The highest BCUT2D eigenvalue weighted by molar-refractivity contribution is 5.68. The van der Waals surface area contributed by atoms with Gasteiger partial charge in [-0.05, 0) is 17.7 Å². The van der Waals surface area contributed by atoms with Crippen LogP contribution in [0.1, 0.15) is 5.56 Å². The number of anilines is 1. The van der Waals surface area contributed by atoms with E-state index in [4.69, 9.17) is 9.15 Å². The van der Waals surface area contributed by atoms with E-state index in [1.807, 2.05) is 60.7 Å². The highest BCUT2D eigenvalue weighted by atomic mass is 16.6. The average molecular weight is 442 g/mol. The largest absolute Gasteiger partial charge is 0.445 e. The third-order valence-corrected chi connectivity index (χ3v) is 5.35. The lowest BCUT2D eigenvalue weighted by molar-refractivity contribution is 0.0941. The molecule has 1 fully saturated rings. The van der Waals surface area contributed by atoms with Crippen molar-refractivity contribution < 1.29 is 13.9 Å². The van der Waals surface area contributed by atoms with Gasteiger partial charge in [0.25, 0.3) is 5.89 Å². The summed E-state index contributed by atoms with van der Waals surface area (Å²) in [7, 11) is 0. The van der Waals surface area contributed by atoms with Gasteiger partial charge in [-0.25, -0.2) is 9.78 Å². The summed E-state index contributed by atoms with van der Waals surface area (Å²) in [6.45, 7) is 2.59. The number of carbonyl (C=O) groups is 1. The van der Waals surface area contributed by atoms with Crippen LogP contribution in [-0.4, -0.2) is 57.3 Å². The van der Waals surface area contributed by atoms with E-state index in [1.165, 1.54) is 0 Å². The van der Waals surface area contributed by atoms with Crippen LogP contribution >= 0.6 is 0 Å². The van der Waals surface area contributed by atoms with Crippen molar-refractivity contribution >= 4 is 11.9 Å². The van der Waals surface area contributed by atoms with E-state index in [-0.39, 0.29) is 12.7 Å². The predicted octanol–water partition coefficient (Wildman–Crippen LogP) is 3.65. The molecule has 2 aromatic heterocycles. The lowest BCUT2D eigenvalue weighted by Gasteiger charge is -2.34. The molecular weight excluding hydrogens is 420 g/mol. The van der Waals surface area contributed by atoms with Gasteiger partial charge in [-0.3, -0.25) is 4.98 Å². The molecular formula is C24H22N6O3. The van der Waals surface area contributed by atoms with Crippen LogP contribution < -0.4 is 4.90 Å². The molecule has 1 aliphatic heterocycles. The van der Waals surface area contributed by atoms with Crippen LogP contribution in [-0.2, 0) is 11.3 Å². The molecule has 166 valence electrons. The number of ether oxygens (including phenoxy) is 1. The van der Waals surface area contributed by atoms with Gasteiger partial charge < -0.3 is 19.0 Å². The number of carbonyl (C=O) groups excluding carboxylic acids is 1. The van der Waals surface area contributed by atoms with Crippen molar-refractivity contribution in [3.63, 3.8) is 0 Å². The Morgan fingerprint density at radius 2 is 1.58 bits per heavy atom. The first-order valence-electron chi connectivity index (χ1n) is 10.7. The van der Waals surface area contributed by atoms with Crippen molar-refractivity contribution in [3.8, 4) is 23.0 Å². The summed E-state index contributed by atoms with van der Waals surface area (Å²) >= 11 is 0. The summed E-state index contributed by atoms with van der Waals surface area (Å²) in [5.74, 6) is 1.44. The van der Waals surface area contributed by atoms with Crippen molar-refractivity contribution in [1.29, 1.82) is 0 Å². The standard InChI is InChI=1S/C24H22N6O3/c31-24(32-17-18-7-3-1-4-8-18)30-13-11-29(12-14-30)21-16-25-15-20(26-21)23-28-27-22(33-23)19-9-5-2-6-10-19/h1-10,15-16H,11-14,17H2. The van der Waals surface area contributed by atoms with Crippen LogP contribution in [0.25, 0.3) is 23.0 Å². The summed E-state index contributed by atoms with van der Waals surface area (Å²) in [4.78, 5) is 25.1. The maximum atomic E-state index is 12.4. The zero-order valence-corrected chi connectivity index (χ0v) is 17.9. The average Bonchev–Trinajstić information content (AvgIpc) is 3.39. The van der Waals surface area contributed by atoms with Crippen molar-refractivity contribution in [2.75, 3.05) is 31.1 Å². The van der Waals surface area contributed by atoms with Gasteiger partial charge in [0, 0.05) is 31.7 Å². The molecule has 0 spiro atoms. The second-order valence-electron chi connectivity index (χ2n) is 7.56. The predicted molar refractivity (Wildman–Crippen MR) is 121 cm³/mol. The Hall–Kier alpha value is -4.27. The minimum Gasteiger partial charge on any atom is -0.445 e. The Bertz CT molecular complexity index is 1210. The first-order chi connectivity index (χ1) is 16.3. The monoisotopic (exact) mass is 442 g/mol. The molecule has 9 heteroatoms. The summed E-state index contributed by atoms with van der Waals surface area (Å²) < 4.78 is 11.2. The minimum atomic E-state index is -0.308. The number of aromatic nitrogens is 4. The number of benzene rings is 2. The fourth-order valence-corrected chi connectivity index (χ4v) is 3.56. The zero-order chi connectivity index (χ0) is 22.5. The van der Waals surface area contributed by atoms with Gasteiger partial charge >= 0.3 is 6.09 Å². The second-order valence-corrected chi connectivity index (χ2v) is 7.56. The molecule has 0 aliphatic carbocycles. The lowest BCUT2D eigenvalue weighted by Crippen LogP contribution is -2.49. The van der Waals surface area contributed by atoms with E-state index in [1.54, 1.807) is 17.3 Å². The van der Waals surface area contributed by atoms with Gasteiger partial charge in [0.15, 0.2) is 0 Å². The molecule has 5 rings (SSSR count). The molecule has 33 heavy (non-hydrogen) atoms. The molecule has 3 heterocycles. The first kappa shape index (κ1) is 20.6. The first-order valence-corrected chi connectivity index (χ1v) is 10.7. The maximum Gasteiger partial charge on any atom is 0.410 e. The minimum absolute atomic E-state index is 0.266. The van der Waals surface area contributed by atoms with Crippen molar-refractivity contribution in [2.45, 2.75) is 6.61 Å². The molecule has 1 aliphatic rings. The summed E-state index contributed by atoms with van der Waals surface area (Å²) in [5.41, 5.74) is 2.32. The summed E-state index contributed by atoms with van der Waals surface area (Å²) in [5, 5.41) is 8.24. The number of hydrogen-bond acceptors (Lipinski definition) is 8. The summed E-state index contributed by atoms with van der Waals surface area (Å²) in [6.07, 6.45) is 2.99. The molecule has 0 saturated carbocycles. The number of hydrogen-bond donors (Lipinski definition) is 0. The molecule has 1 saturated heterocycles. The number of nitrogens with zero attached hydrogens (tertiary/aromatic N) is 6. The molecule has 0 N–H and O–H groups in total. The van der Waals surface area contributed by atoms with E-state index in [9.17, 15) is 4.79 Å². The Morgan fingerprint density at radius 3 is 2.33 bits per heavy atom. The van der Waals surface area contributed by atoms with Crippen LogP contribution in [0.3, 0.4) is 0 Å². The van der Waals surface area contributed by atoms with E-state index in [0.717, 1.165) is 11.1 Å². The van der Waals surface area contributed by atoms with Crippen molar-refractivity contribution in [1.82, 2.24) is 25.1 Å².